The fourth-order valence-corrected chi connectivity index (χ4v) is 2.16. The monoisotopic (exact) mass is 247 g/mol. The Bertz CT molecular complexity index is 445. The number of carbonyl (C=O) groups is 1. The van der Waals surface area contributed by atoms with E-state index in [2.05, 4.69) is 17.6 Å². The van der Waals surface area contributed by atoms with Gasteiger partial charge in [-0.1, -0.05) is 13.3 Å². The lowest BCUT2D eigenvalue weighted by molar-refractivity contribution is 0.0956. The SMILES string of the molecule is CCNC(=O)c1ccc(N)c(NC2CC2CC)c1. The molecule has 2 atom stereocenters. The van der Waals surface area contributed by atoms with Crippen LogP contribution in [-0.4, -0.2) is 18.5 Å². The number of anilines is 2. The summed E-state index contributed by atoms with van der Waals surface area (Å²) in [6.45, 7) is 4.73. The molecule has 1 aromatic rings. The highest BCUT2D eigenvalue weighted by molar-refractivity contribution is 5.96. The lowest BCUT2D eigenvalue weighted by Gasteiger charge is -2.11. The largest absolute Gasteiger partial charge is 0.397 e. The molecule has 0 bridgehead atoms. The molecule has 0 heterocycles. The van der Waals surface area contributed by atoms with Gasteiger partial charge in [-0.2, -0.15) is 0 Å². The van der Waals surface area contributed by atoms with Gasteiger partial charge < -0.3 is 16.4 Å². The zero-order valence-electron chi connectivity index (χ0n) is 11.0. The Morgan fingerprint density at radius 1 is 1.44 bits per heavy atom. The topological polar surface area (TPSA) is 67.2 Å². The maximum Gasteiger partial charge on any atom is 0.251 e. The molecule has 4 N–H and O–H groups in total. The molecule has 0 spiro atoms. The number of nitrogens with two attached hydrogens (primary N) is 1. The third kappa shape index (κ3) is 2.75. The molecule has 1 fully saturated rings. The van der Waals surface area contributed by atoms with Crippen LogP contribution in [-0.2, 0) is 0 Å². The van der Waals surface area contributed by atoms with Crippen LogP contribution >= 0.6 is 0 Å². The molecule has 1 aliphatic rings. The molecule has 0 aliphatic heterocycles. The van der Waals surface area contributed by atoms with Gasteiger partial charge in [-0.3, -0.25) is 4.79 Å². The lowest BCUT2D eigenvalue weighted by Crippen LogP contribution is -2.22. The van der Waals surface area contributed by atoms with E-state index in [0.29, 0.717) is 23.8 Å². The van der Waals surface area contributed by atoms with Gasteiger partial charge in [0, 0.05) is 18.2 Å². The van der Waals surface area contributed by atoms with Crippen LogP contribution in [0.5, 0.6) is 0 Å². The zero-order chi connectivity index (χ0) is 13.1. The molecule has 0 radical (unpaired) electrons. The highest BCUT2D eigenvalue weighted by Gasteiger charge is 2.35. The summed E-state index contributed by atoms with van der Waals surface area (Å²) in [5, 5.41) is 6.21. The van der Waals surface area contributed by atoms with Gasteiger partial charge in [-0.05, 0) is 37.5 Å². The van der Waals surface area contributed by atoms with Gasteiger partial charge in [0.15, 0.2) is 0 Å². The molecule has 1 amide bonds. The first-order chi connectivity index (χ1) is 8.65. The maximum absolute atomic E-state index is 11.8. The molecule has 1 aliphatic carbocycles. The average molecular weight is 247 g/mol. The van der Waals surface area contributed by atoms with E-state index in [0.717, 1.165) is 11.6 Å². The van der Waals surface area contributed by atoms with Gasteiger partial charge in [0.25, 0.3) is 5.91 Å². The van der Waals surface area contributed by atoms with Crippen molar-refractivity contribution in [1.29, 1.82) is 0 Å². The maximum atomic E-state index is 11.8. The van der Waals surface area contributed by atoms with Gasteiger partial charge in [-0.15, -0.1) is 0 Å². The van der Waals surface area contributed by atoms with E-state index < -0.39 is 0 Å². The molecular weight excluding hydrogens is 226 g/mol. The van der Waals surface area contributed by atoms with Crippen molar-refractivity contribution < 1.29 is 4.79 Å². The first kappa shape index (κ1) is 12.7. The van der Waals surface area contributed by atoms with Gasteiger partial charge in [0.2, 0.25) is 0 Å². The van der Waals surface area contributed by atoms with Crippen molar-refractivity contribution in [1.82, 2.24) is 5.32 Å². The number of carbonyl (C=O) groups excluding carboxylic acids is 1. The van der Waals surface area contributed by atoms with Crippen LogP contribution in [0, 0.1) is 5.92 Å². The Morgan fingerprint density at radius 3 is 2.83 bits per heavy atom. The first-order valence-electron chi connectivity index (χ1n) is 6.60. The number of rotatable bonds is 5. The van der Waals surface area contributed by atoms with E-state index in [1.165, 1.54) is 12.8 Å². The van der Waals surface area contributed by atoms with E-state index in [-0.39, 0.29) is 5.91 Å². The second kappa shape index (κ2) is 5.29. The second-order valence-electron chi connectivity index (χ2n) is 4.82. The molecule has 98 valence electrons. The van der Waals surface area contributed by atoms with Crippen LogP contribution < -0.4 is 16.4 Å². The van der Waals surface area contributed by atoms with Gasteiger partial charge in [-0.25, -0.2) is 0 Å². The lowest BCUT2D eigenvalue weighted by atomic mass is 10.1. The molecule has 2 rings (SSSR count). The molecule has 1 saturated carbocycles. The fourth-order valence-electron chi connectivity index (χ4n) is 2.16. The van der Waals surface area contributed by atoms with Crippen LogP contribution in [0.1, 0.15) is 37.0 Å². The van der Waals surface area contributed by atoms with Crippen molar-refractivity contribution in [3.8, 4) is 0 Å². The van der Waals surface area contributed by atoms with Crippen LogP contribution in [0.15, 0.2) is 18.2 Å². The van der Waals surface area contributed by atoms with Crippen molar-refractivity contribution in [2.24, 2.45) is 5.92 Å². The predicted octanol–water partition coefficient (Wildman–Crippen LogP) is 2.23. The summed E-state index contributed by atoms with van der Waals surface area (Å²) in [5.74, 6) is 0.695. The minimum Gasteiger partial charge on any atom is -0.397 e. The highest BCUT2D eigenvalue weighted by atomic mass is 16.1. The average Bonchev–Trinajstić information content (AvgIpc) is 3.10. The van der Waals surface area contributed by atoms with Crippen molar-refractivity contribution in [3.05, 3.63) is 23.8 Å². The quantitative estimate of drug-likeness (QED) is 0.699. The molecule has 18 heavy (non-hydrogen) atoms. The first-order valence-corrected chi connectivity index (χ1v) is 6.60. The molecular formula is C14H21N3O. The Labute approximate surface area is 108 Å². The normalized spacial score (nSPS) is 21.4. The van der Waals surface area contributed by atoms with Gasteiger partial charge >= 0.3 is 0 Å². The smallest absolute Gasteiger partial charge is 0.251 e. The Morgan fingerprint density at radius 2 is 2.22 bits per heavy atom. The number of hydrogen-bond donors (Lipinski definition) is 3. The Kier molecular flexibility index (Phi) is 3.75. The number of hydrogen-bond acceptors (Lipinski definition) is 3. The molecule has 4 nitrogen and oxygen atoms in total. The number of nitrogens with one attached hydrogen (secondary N) is 2. The fraction of sp³-hybridized carbons (Fsp3) is 0.500. The summed E-state index contributed by atoms with van der Waals surface area (Å²) < 4.78 is 0. The third-order valence-electron chi connectivity index (χ3n) is 3.44. The zero-order valence-corrected chi connectivity index (χ0v) is 11.0. The van der Waals surface area contributed by atoms with Crippen LogP contribution in [0.4, 0.5) is 11.4 Å². The van der Waals surface area contributed by atoms with Crippen LogP contribution in [0.2, 0.25) is 0 Å². The van der Waals surface area contributed by atoms with Crippen molar-refractivity contribution in [2.75, 3.05) is 17.6 Å². The number of nitrogen functional groups attached to an aromatic ring is 1. The van der Waals surface area contributed by atoms with Gasteiger partial charge in [0.05, 0.1) is 11.4 Å². The number of amides is 1. The molecule has 0 aromatic heterocycles. The van der Waals surface area contributed by atoms with E-state index in [1.807, 2.05) is 13.0 Å². The summed E-state index contributed by atoms with van der Waals surface area (Å²) in [7, 11) is 0. The molecule has 0 saturated heterocycles. The summed E-state index contributed by atoms with van der Waals surface area (Å²) in [6.07, 6.45) is 2.38. The minimum atomic E-state index is -0.0524. The van der Waals surface area contributed by atoms with E-state index >= 15 is 0 Å². The summed E-state index contributed by atoms with van der Waals surface area (Å²) in [4.78, 5) is 11.8. The van der Waals surface area contributed by atoms with Crippen LogP contribution in [0.3, 0.4) is 0 Å². The van der Waals surface area contributed by atoms with Crippen molar-refractivity contribution >= 4 is 17.3 Å². The third-order valence-corrected chi connectivity index (χ3v) is 3.44. The van der Waals surface area contributed by atoms with Crippen molar-refractivity contribution in [3.63, 3.8) is 0 Å². The molecule has 1 aromatic carbocycles. The van der Waals surface area contributed by atoms with E-state index in [1.54, 1.807) is 12.1 Å². The standard InChI is InChI=1S/C14H21N3O/c1-3-9-7-12(9)17-13-8-10(5-6-11(13)15)14(18)16-4-2/h5-6,8-9,12,17H,3-4,7,15H2,1-2H3,(H,16,18). The Hall–Kier alpha value is -1.71. The predicted molar refractivity (Wildman–Crippen MR) is 74.7 cm³/mol. The highest BCUT2D eigenvalue weighted by Crippen LogP contribution is 2.37. The van der Waals surface area contributed by atoms with Crippen molar-refractivity contribution in [2.45, 2.75) is 32.7 Å². The summed E-state index contributed by atoms with van der Waals surface area (Å²) in [6, 6.07) is 5.90. The van der Waals surface area contributed by atoms with E-state index in [4.69, 9.17) is 5.73 Å². The second-order valence-corrected chi connectivity index (χ2v) is 4.82. The summed E-state index contributed by atoms with van der Waals surface area (Å²) in [5.41, 5.74) is 8.16. The number of benzene rings is 1. The van der Waals surface area contributed by atoms with E-state index in [9.17, 15) is 4.79 Å². The van der Waals surface area contributed by atoms with Gasteiger partial charge in [0.1, 0.15) is 0 Å². The minimum absolute atomic E-state index is 0.0524. The molecule has 2 unspecified atom stereocenters. The van der Waals surface area contributed by atoms with Crippen LogP contribution in [0.25, 0.3) is 0 Å². The molecule has 4 heteroatoms. The Balaban J connectivity index is 2.09. The summed E-state index contributed by atoms with van der Waals surface area (Å²) >= 11 is 0.